The van der Waals surface area contributed by atoms with Gasteiger partial charge in [-0.05, 0) is 12.5 Å². The van der Waals surface area contributed by atoms with Crippen LogP contribution >= 0.6 is 0 Å². The van der Waals surface area contributed by atoms with Gasteiger partial charge in [-0.2, -0.15) is 0 Å². The molecule has 0 aliphatic heterocycles. The lowest BCUT2D eigenvalue weighted by Crippen LogP contribution is -1.94. The average Bonchev–Trinajstić information content (AvgIpc) is 1.81. The number of hydrogen-bond acceptors (Lipinski definition) is 2. The Labute approximate surface area is 55.7 Å². The van der Waals surface area contributed by atoms with E-state index in [9.17, 15) is 0 Å². The number of rotatable bonds is 5. The minimum atomic E-state index is -0.148. The Morgan fingerprint density at radius 3 is 2.75 bits per heavy atom. The Kier molecular flexibility index (Phi) is 7.68. The fraction of sp³-hybridized carbons (Fsp3) is 1.00. The van der Waals surface area contributed by atoms with Crippen molar-refractivity contribution in [2.45, 2.75) is 18.9 Å². The molecule has 0 aliphatic rings. The van der Waals surface area contributed by atoms with E-state index in [1.54, 1.807) is 0 Å². The van der Waals surface area contributed by atoms with Gasteiger partial charge >= 0.3 is 0 Å². The second-order valence-electron chi connectivity index (χ2n) is 1.78. The molecule has 0 bridgehead atoms. The van der Waals surface area contributed by atoms with Crippen LogP contribution in [0.1, 0.15) is 12.8 Å². The molecule has 50 valence electrons. The van der Waals surface area contributed by atoms with Gasteiger partial charge < -0.3 is 9.22 Å². The van der Waals surface area contributed by atoms with E-state index in [0.717, 1.165) is 23.3 Å². The highest BCUT2D eigenvalue weighted by molar-refractivity contribution is 6.34. The van der Waals surface area contributed by atoms with Crippen molar-refractivity contribution in [1.82, 2.24) is 0 Å². The van der Waals surface area contributed by atoms with Gasteiger partial charge in [0.1, 0.15) is 20.2 Å². The molecule has 0 aromatic carbocycles. The first kappa shape index (κ1) is 8.35. The molecule has 0 aromatic heterocycles. The van der Waals surface area contributed by atoms with Gasteiger partial charge in [0.2, 0.25) is 0 Å². The van der Waals surface area contributed by atoms with Gasteiger partial charge in [0.25, 0.3) is 0 Å². The monoisotopic (exact) mass is 150 g/mol. The molecule has 0 aliphatic carbocycles. The van der Waals surface area contributed by atoms with Crippen LogP contribution in [0, 0.1) is 0 Å². The van der Waals surface area contributed by atoms with E-state index in [1.807, 2.05) is 0 Å². The van der Waals surface area contributed by atoms with E-state index in [2.05, 4.69) is 0 Å². The molecule has 4 heteroatoms. The molecule has 0 saturated heterocycles. The predicted molar refractivity (Wildman–Crippen MR) is 40.7 cm³/mol. The predicted octanol–water partition coefficient (Wildman–Crippen LogP) is -1.44. The normalized spacial score (nSPS) is 11.6. The molecule has 0 heterocycles. The van der Waals surface area contributed by atoms with Gasteiger partial charge in [0.05, 0.1) is 0 Å². The number of aliphatic hydroxyl groups is 1. The van der Waals surface area contributed by atoms with Crippen molar-refractivity contribution in [3.63, 3.8) is 0 Å². The van der Waals surface area contributed by atoms with Crippen molar-refractivity contribution < 1.29 is 9.22 Å². The molecule has 0 fully saturated rings. The smallest absolute Gasteiger partial charge is 0.145 e. The molecule has 0 rings (SSSR count). The standard InChI is InChI=1S/C4H14O2Si2/c5-3-1-2-4-8-6-7/h5H,1-4,8H2,7H3. The SMILES string of the molecule is OCCCC[SiH2]O[SiH3]. The van der Waals surface area contributed by atoms with E-state index in [-0.39, 0.29) is 9.76 Å². The Morgan fingerprint density at radius 2 is 2.25 bits per heavy atom. The van der Waals surface area contributed by atoms with Crippen LogP contribution in [0.5, 0.6) is 0 Å². The van der Waals surface area contributed by atoms with Gasteiger partial charge in [-0.1, -0.05) is 6.42 Å². The van der Waals surface area contributed by atoms with Gasteiger partial charge in [-0.3, -0.25) is 0 Å². The Balaban J connectivity index is 2.53. The highest BCUT2D eigenvalue weighted by atomic mass is 28.3. The van der Waals surface area contributed by atoms with Crippen molar-refractivity contribution in [3.05, 3.63) is 0 Å². The number of aliphatic hydroxyl groups excluding tert-OH is 1. The number of unbranched alkanes of at least 4 members (excludes halogenated alkanes) is 1. The molecule has 0 atom stereocenters. The molecule has 0 spiro atoms. The van der Waals surface area contributed by atoms with Crippen molar-refractivity contribution >= 4 is 20.2 Å². The molecule has 0 aromatic rings. The topological polar surface area (TPSA) is 29.5 Å². The second-order valence-corrected chi connectivity index (χ2v) is 5.20. The third-order valence-corrected chi connectivity index (χ3v) is 3.43. The van der Waals surface area contributed by atoms with Crippen LogP contribution in [0.2, 0.25) is 6.04 Å². The van der Waals surface area contributed by atoms with Crippen molar-refractivity contribution in [1.29, 1.82) is 0 Å². The Bertz CT molecular complexity index is 37.0. The van der Waals surface area contributed by atoms with E-state index in [4.69, 9.17) is 9.22 Å². The maximum absolute atomic E-state index is 8.35. The molecule has 8 heavy (non-hydrogen) atoms. The van der Waals surface area contributed by atoms with Crippen LogP contribution in [-0.4, -0.2) is 32.0 Å². The van der Waals surface area contributed by atoms with Gasteiger partial charge in [0.15, 0.2) is 0 Å². The van der Waals surface area contributed by atoms with Gasteiger partial charge in [-0.25, -0.2) is 0 Å². The fourth-order valence-corrected chi connectivity index (χ4v) is 2.25. The summed E-state index contributed by atoms with van der Waals surface area (Å²) in [4.78, 5) is 0. The summed E-state index contributed by atoms with van der Waals surface area (Å²) in [6, 6.07) is 1.24. The first-order valence-corrected chi connectivity index (χ1v) is 5.41. The largest absolute Gasteiger partial charge is 0.468 e. The summed E-state index contributed by atoms with van der Waals surface area (Å²) >= 11 is 0. The lowest BCUT2D eigenvalue weighted by atomic mass is 10.4. The van der Waals surface area contributed by atoms with E-state index < -0.39 is 0 Å². The lowest BCUT2D eigenvalue weighted by molar-refractivity contribution is 0.286. The van der Waals surface area contributed by atoms with Crippen molar-refractivity contribution in [2.75, 3.05) is 6.61 Å². The van der Waals surface area contributed by atoms with Crippen molar-refractivity contribution in [2.24, 2.45) is 0 Å². The average molecular weight is 150 g/mol. The zero-order valence-corrected chi connectivity index (χ0v) is 8.81. The summed E-state index contributed by atoms with van der Waals surface area (Å²) in [6.07, 6.45) is 2.11. The summed E-state index contributed by atoms with van der Waals surface area (Å²) in [6.45, 7) is 0.343. The highest BCUT2D eigenvalue weighted by Gasteiger charge is 1.85. The van der Waals surface area contributed by atoms with Crippen LogP contribution in [0.3, 0.4) is 0 Å². The van der Waals surface area contributed by atoms with Crippen molar-refractivity contribution in [3.8, 4) is 0 Å². The third-order valence-electron chi connectivity index (χ3n) is 1.01. The number of hydrogen-bond donors (Lipinski definition) is 1. The van der Waals surface area contributed by atoms with E-state index in [1.165, 1.54) is 6.04 Å². The fourth-order valence-electron chi connectivity index (χ4n) is 0.535. The molecule has 0 saturated carbocycles. The van der Waals surface area contributed by atoms with Gasteiger partial charge in [0, 0.05) is 6.61 Å². The molecule has 0 unspecified atom stereocenters. The van der Waals surface area contributed by atoms with Crippen LogP contribution < -0.4 is 0 Å². The molecule has 0 radical (unpaired) electrons. The van der Waals surface area contributed by atoms with E-state index in [0.29, 0.717) is 6.61 Å². The summed E-state index contributed by atoms with van der Waals surface area (Å²) in [5.74, 6) is 0. The summed E-state index contributed by atoms with van der Waals surface area (Å²) in [7, 11) is 0.759. The zero-order chi connectivity index (χ0) is 6.24. The first-order valence-electron chi connectivity index (χ1n) is 3.01. The van der Waals surface area contributed by atoms with Crippen LogP contribution in [0.15, 0.2) is 0 Å². The highest BCUT2D eigenvalue weighted by Crippen LogP contribution is 1.92. The molecular weight excluding hydrogens is 136 g/mol. The first-order chi connectivity index (χ1) is 3.91. The van der Waals surface area contributed by atoms with E-state index >= 15 is 0 Å². The third kappa shape index (κ3) is 6.35. The maximum atomic E-state index is 8.35. The molecule has 0 amide bonds. The summed E-state index contributed by atoms with van der Waals surface area (Å²) in [5, 5.41) is 8.35. The Morgan fingerprint density at radius 1 is 1.50 bits per heavy atom. The maximum Gasteiger partial charge on any atom is 0.145 e. The molecule has 1 N–H and O–H groups in total. The zero-order valence-electron chi connectivity index (χ0n) is 5.39. The molecule has 2 nitrogen and oxygen atoms in total. The minimum Gasteiger partial charge on any atom is -0.468 e. The lowest BCUT2D eigenvalue weighted by Gasteiger charge is -1.94. The Hall–Kier alpha value is 0.354. The van der Waals surface area contributed by atoms with Gasteiger partial charge in [-0.15, -0.1) is 0 Å². The van der Waals surface area contributed by atoms with Crippen LogP contribution in [0.25, 0.3) is 0 Å². The van der Waals surface area contributed by atoms with Crippen LogP contribution in [-0.2, 0) is 4.12 Å². The second kappa shape index (κ2) is 7.35. The van der Waals surface area contributed by atoms with Crippen LogP contribution in [0.4, 0.5) is 0 Å². The minimum absolute atomic E-state index is 0.148. The summed E-state index contributed by atoms with van der Waals surface area (Å²) < 4.78 is 5.08. The summed E-state index contributed by atoms with van der Waals surface area (Å²) in [5.41, 5.74) is 0. The molecular formula is C4H14O2Si2. The quantitative estimate of drug-likeness (QED) is 0.384.